The van der Waals surface area contributed by atoms with Crippen LogP contribution in [0, 0.1) is 23.7 Å². The predicted octanol–water partition coefficient (Wildman–Crippen LogP) is -0.874. The van der Waals surface area contributed by atoms with Crippen LogP contribution >= 0.6 is 11.3 Å². The molecular formula is C65H96N16O17S. The molecule has 1 aliphatic rings. The Morgan fingerprint density at radius 1 is 0.646 bits per heavy atom. The van der Waals surface area contributed by atoms with Crippen LogP contribution in [0.3, 0.4) is 0 Å². The average molecular weight is 1410 g/mol. The van der Waals surface area contributed by atoms with Gasteiger partial charge in [0.25, 0.3) is 17.7 Å². The second-order valence-corrected chi connectivity index (χ2v) is 26.1. The van der Waals surface area contributed by atoms with Gasteiger partial charge in [0, 0.05) is 42.5 Å². The van der Waals surface area contributed by atoms with Gasteiger partial charge in [-0.1, -0.05) is 98.6 Å². The van der Waals surface area contributed by atoms with Crippen LogP contribution in [0.5, 0.6) is 0 Å². The topological polar surface area (TPSA) is 528 Å². The van der Waals surface area contributed by atoms with Crippen LogP contribution in [0.2, 0.25) is 0 Å². The number of thiazole rings is 1. The van der Waals surface area contributed by atoms with Crippen LogP contribution in [-0.2, 0) is 75.2 Å². The number of carbonyl (C=O) groups is 15. The van der Waals surface area contributed by atoms with Crippen LogP contribution in [0.15, 0.2) is 48.2 Å². The molecule has 0 saturated carbocycles. The van der Waals surface area contributed by atoms with E-state index in [9.17, 15) is 67.7 Å². The van der Waals surface area contributed by atoms with Crippen LogP contribution in [0.4, 0.5) is 0 Å². The van der Waals surface area contributed by atoms with Crippen molar-refractivity contribution in [2.24, 2.45) is 40.9 Å². The van der Waals surface area contributed by atoms with Crippen molar-refractivity contribution in [3.05, 3.63) is 70.2 Å². The zero-order valence-corrected chi connectivity index (χ0v) is 57.8. The average Bonchev–Trinajstić information content (AvgIpc) is 0.995. The van der Waals surface area contributed by atoms with Gasteiger partial charge in [0.1, 0.15) is 66.1 Å². The number of hydrogen-bond acceptors (Lipinski definition) is 20. The summed E-state index contributed by atoms with van der Waals surface area (Å²) in [4.78, 5) is 226. The molecule has 2 aromatic heterocycles. The van der Waals surface area contributed by atoms with Gasteiger partial charge in [-0.15, -0.1) is 11.3 Å². The fraction of sp³-hybridized carbons (Fsp3) is 0.585. The Morgan fingerprint density at radius 3 is 1.82 bits per heavy atom. The van der Waals surface area contributed by atoms with E-state index in [0.29, 0.717) is 10.5 Å². The summed E-state index contributed by atoms with van der Waals surface area (Å²) in [5, 5.41) is 44.2. The summed E-state index contributed by atoms with van der Waals surface area (Å²) < 4.78 is 0. The molecule has 0 aliphatic carbocycles. The van der Waals surface area contributed by atoms with Crippen molar-refractivity contribution in [2.75, 3.05) is 13.1 Å². The van der Waals surface area contributed by atoms with Crippen LogP contribution in [0.25, 0.3) is 0 Å². The van der Waals surface area contributed by atoms with Gasteiger partial charge in [0.2, 0.25) is 53.2 Å². The number of aliphatic carboxylic acids is 2. The lowest BCUT2D eigenvalue weighted by molar-refractivity contribution is -0.157. The number of carbonyl (C=O) groups excluding carboxylic acids is 13. The van der Waals surface area contributed by atoms with E-state index in [0.717, 1.165) is 11.3 Å². The van der Waals surface area contributed by atoms with E-state index in [1.54, 1.807) is 78.8 Å². The minimum absolute atomic E-state index is 0.0163. The third-order valence-corrected chi connectivity index (χ3v) is 17.4. The van der Waals surface area contributed by atoms with Crippen LogP contribution < -0.4 is 65.1 Å². The van der Waals surface area contributed by atoms with Gasteiger partial charge in [0.15, 0.2) is 10.8 Å². The van der Waals surface area contributed by atoms with Gasteiger partial charge in [-0.3, -0.25) is 76.8 Å². The highest BCUT2D eigenvalue weighted by molar-refractivity contribution is 7.12. The van der Waals surface area contributed by atoms with Crippen molar-refractivity contribution in [2.45, 2.75) is 206 Å². The Labute approximate surface area is 577 Å². The zero-order valence-electron chi connectivity index (χ0n) is 57.0. The van der Waals surface area contributed by atoms with Gasteiger partial charge in [-0.2, -0.15) is 0 Å². The maximum Gasteiger partial charge on any atom is 0.305 e. The second kappa shape index (κ2) is 40.4. The molecule has 0 spiro atoms. The number of imide groups is 1. The molecule has 1 aliphatic heterocycles. The Kier molecular flexibility index (Phi) is 33.4. The molecule has 3 heterocycles. The molecule has 99 heavy (non-hydrogen) atoms. The molecule has 12 atom stereocenters. The molecule has 34 heteroatoms. The number of amides is 12. The summed E-state index contributed by atoms with van der Waals surface area (Å²) in [7, 11) is 0. The highest BCUT2D eigenvalue weighted by Gasteiger charge is 2.46. The lowest BCUT2D eigenvalue weighted by Crippen LogP contribution is -2.65. The molecular weight excluding hydrogens is 1310 g/mol. The maximum absolute atomic E-state index is 16.0. The Bertz CT molecular complexity index is 3310. The number of benzene rings is 1. The number of aromatic amines is 1. The van der Waals surface area contributed by atoms with Crippen molar-refractivity contribution in [3.8, 4) is 0 Å². The van der Waals surface area contributed by atoms with Gasteiger partial charge < -0.3 is 80.2 Å². The van der Waals surface area contributed by atoms with Gasteiger partial charge in [-0.05, 0) is 81.4 Å². The fourth-order valence-corrected chi connectivity index (χ4v) is 11.5. The van der Waals surface area contributed by atoms with Crippen molar-refractivity contribution in [1.82, 2.24) is 67.7 Å². The monoisotopic (exact) mass is 1400 g/mol. The third-order valence-electron chi connectivity index (χ3n) is 16.6. The van der Waals surface area contributed by atoms with Crippen LogP contribution in [-0.4, -0.2) is 192 Å². The Morgan fingerprint density at radius 2 is 1.24 bits per heavy atom. The standard InChI is InChI=1S/C65H96N16O17S/c1-9-35(7)51-62(96)76-42(26-37-17-12-11-13-18-37)57(91)74-43(27-38-30-69-32-70-38)58(92)75-44(29-50(85)86)59(93)77-45(28-48(68)82)64(97)81(47(20-14-15-23-66)61(95)72-39(19-16-24-67)54(88)79-51)65(98)52(36(8)10-2)80-55(89)40(21-22-49(83)84)71-56(90)41(25-33(3)4)73-60(94)46-31-99-63(78-46)53(87)34(5)6/h11-13,17-18,30-36,39-45,47,51-52H,9-10,14-16,19-29,66-67H2,1-8H3,(H2,68,82)(H,69,70)(H,71,90)(H,72,95)(H,73,94)(H,74,91)(H,75,92)(H,76,96)(H,77,93)(H,79,88)(H,80,89)(H,83,84)(H,85,86)/t35-,36-,39+,40+,41-,42+,43-,44+,45-,47-,51-,52-/m0/s1. The first kappa shape index (κ1) is 81.9. The number of ketones is 1. The lowest BCUT2D eigenvalue weighted by atomic mass is 9.94. The number of rotatable bonds is 33. The first-order valence-corrected chi connectivity index (χ1v) is 34.0. The molecule has 0 bridgehead atoms. The van der Waals surface area contributed by atoms with E-state index in [2.05, 4.69) is 62.8 Å². The van der Waals surface area contributed by atoms with E-state index >= 15 is 14.4 Å². The molecule has 0 unspecified atom stereocenters. The number of imidazole rings is 1. The first-order valence-electron chi connectivity index (χ1n) is 33.1. The van der Waals surface area contributed by atoms with E-state index < -0.39 is 200 Å². The van der Waals surface area contributed by atoms with E-state index in [1.807, 2.05) is 0 Å². The van der Waals surface area contributed by atoms with Gasteiger partial charge in [0.05, 0.1) is 19.2 Å². The summed E-state index contributed by atoms with van der Waals surface area (Å²) in [6.45, 7) is 13.0. The summed E-state index contributed by atoms with van der Waals surface area (Å²) >= 11 is 0.909. The maximum atomic E-state index is 16.0. The van der Waals surface area contributed by atoms with Crippen molar-refractivity contribution < 1.29 is 82.1 Å². The number of Topliss-reactive ketones (excluding diaryl/α,β-unsaturated/α-hetero) is 1. The van der Waals surface area contributed by atoms with Crippen molar-refractivity contribution >= 4 is 99.9 Å². The number of nitrogens with one attached hydrogen (secondary N) is 10. The van der Waals surface area contributed by atoms with Crippen molar-refractivity contribution in [1.29, 1.82) is 0 Å². The summed E-state index contributed by atoms with van der Waals surface area (Å²) in [5.41, 5.74) is 18.2. The summed E-state index contributed by atoms with van der Waals surface area (Å²) in [6.07, 6.45) is -2.38. The van der Waals surface area contributed by atoms with Gasteiger partial charge in [-0.25, -0.2) is 9.97 Å². The molecule has 3 aromatic rings. The summed E-state index contributed by atoms with van der Waals surface area (Å²) in [6, 6.07) is -9.78. The SMILES string of the molecule is CC[C@H](C)[C@@H]1NC(=O)[C@@H](CCCN)NC(=O)[C@H](CCCCN)N(C(=O)[C@@H](NC(=O)[C@@H](CCC(=O)O)NC(=O)[C@H](CC(C)C)NC(=O)c2csc(C(=O)C(C)C)n2)[C@@H](C)CC)C(=O)[C@H](CC(N)=O)NC(=O)[C@@H](CC(=O)O)NC(=O)[C@H](Cc2cnc[nH]2)NC(=O)[C@@H](Cc2ccccc2)NC1=O. The highest BCUT2D eigenvalue weighted by atomic mass is 32.1. The van der Waals surface area contributed by atoms with Gasteiger partial charge >= 0.3 is 11.9 Å². The Balaban J connectivity index is 2.00. The number of hydrogen-bond donors (Lipinski definition) is 15. The molecule has 0 radical (unpaired) electrons. The number of aromatic nitrogens is 3. The minimum Gasteiger partial charge on any atom is -0.481 e. The lowest BCUT2D eigenvalue weighted by Gasteiger charge is -2.37. The molecule has 1 aromatic carbocycles. The van der Waals surface area contributed by atoms with Crippen molar-refractivity contribution in [3.63, 3.8) is 0 Å². The molecule has 33 nitrogen and oxygen atoms in total. The number of carboxylic acid groups (broad SMARTS) is 2. The number of H-pyrrole nitrogens is 1. The summed E-state index contributed by atoms with van der Waals surface area (Å²) in [5.74, 6) is -20.2. The molecule has 544 valence electrons. The van der Waals surface area contributed by atoms with Crippen LogP contribution in [0.1, 0.15) is 164 Å². The van der Waals surface area contributed by atoms with E-state index in [-0.39, 0.29) is 92.6 Å². The largest absolute Gasteiger partial charge is 0.481 e. The molecule has 18 N–H and O–H groups in total. The third kappa shape index (κ3) is 25.7. The minimum atomic E-state index is -2.34. The second-order valence-electron chi connectivity index (χ2n) is 25.3. The number of carboxylic acids is 2. The number of nitrogens with zero attached hydrogens (tertiary/aromatic N) is 3. The quantitative estimate of drug-likeness (QED) is 0.0260. The smallest absolute Gasteiger partial charge is 0.305 e. The molecule has 1 saturated heterocycles. The Hall–Kier alpha value is -9.57. The zero-order chi connectivity index (χ0) is 73.8. The predicted molar refractivity (Wildman–Crippen MR) is 359 cm³/mol. The van der Waals surface area contributed by atoms with E-state index in [4.69, 9.17) is 17.2 Å². The molecule has 4 rings (SSSR count). The normalized spacial score (nSPS) is 20.8. The number of unbranched alkanes of at least 4 members (excludes halogenated alkanes) is 1. The fourth-order valence-electron chi connectivity index (χ4n) is 10.6. The first-order chi connectivity index (χ1) is 46.8. The number of nitrogens with two attached hydrogens (primary N) is 3. The number of primary amides is 1. The van der Waals surface area contributed by atoms with E-state index in [1.165, 1.54) is 24.8 Å². The highest BCUT2D eigenvalue weighted by Crippen LogP contribution is 2.22. The molecule has 1 fully saturated rings. The molecule has 12 amide bonds.